The summed E-state index contributed by atoms with van der Waals surface area (Å²) in [5.74, 6) is 1.95. The average Bonchev–Trinajstić information content (AvgIpc) is 3.48. The lowest BCUT2D eigenvalue weighted by molar-refractivity contribution is -0.121. The molecular formula is C21H20N4O3S. The van der Waals surface area contributed by atoms with Crippen LogP contribution < -0.4 is 10.1 Å². The zero-order chi connectivity index (χ0) is 20.2. The number of carbonyl (C=O) groups excluding carboxylic acids is 1. The molecule has 1 N–H and O–H groups in total. The number of thiazole rings is 1. The fourth-order valence-corrected chi connectivity index (χ4v) is 3.91. The molecule has 0 aliphatic carbocycles. The van der Waals surface area contributed by atoms with Gasteiger partial charge in [-0.3, -0.25) is 4.79 Å². The van der Waals surface area contributed by atoms with E-state index in [1.807, 2.05) is 59.6 Å². The van der Waals surface area contributed by atoms with E-state index < -0.39 is 6.04 Å². The minimum Gasteiger partial charge on any atom is -0.496 e. The molecule has 0 spiro atoms. The van der Waals surface area contributed by atoms with Gasteiger partial charge in [-0.05, 0) is 18.2 Å². The molecule has 148 valence electrons. The molecule has 3 aromatic heterocycles. The summed E-state index contributed by atoms with van der Waals surface area (Å²) < 4.78 is 12.8. The predicted molar refractivity (Wildman–Crippen MR) is 110 cm³/mol. The number of methoxy groups -OCH3 is 1. The maximum absolute atomic E-state index is 12.9. The van der Waals surface area contributed by atoms with Gasteiger partial charge in [0.2, 0.25) is 5.91 Å². The van der Waals surface area contributed by atoms with Gasteiger partial charge < -0.3 is 19.0 Å². The summed E-state index contributed by atoms with van der Waals surface area (Å²) in [6, 6.07) is 10.8. The summed E-state index contributed by atoms with van der Waals surface area (Å²) in [4.78, 5) is 21.8. The second kappa shape index (κ2) is 8.32. The van der Waals surface area contributed by atoms with Crippen LogP contribution in [0.2, 0.25) is 0 Å². The van der Waals surface area contributed by atoms with Crippen molar-refractivity contribution in [3.63, 3.8) is 0 Å². The zero-order valence-corrected chi connectivity index (χ0v) is 16.8. The van der Waals surface area contributed by atoms with E-state index >= 15 is 0 Å². The molecule has 0 fully saturated rings. The Kier molecular flexibility index (Phi) is 5.44. The van der Waals surface area contributed by atoms with Crippen molar-refractivity contribution in [2.24, 2.45) is 7.05 Å². The lowest BCUT2D eigenvalue weighted by Crippen LogP contribution is -2.32. The van der Waals surface area contributed by atoms with Crippen LogP contribution in [0.25, 0.3) is 10.8 Å². The number of para-hydroxylation sites is 1. The summed E-state index contributed by atoms with van der Waals surface area (Å²) in [5, 5.41) is 5.71. The molecule has 8 heteroatoms. The molecule has 0 radical (unpaired) electrons. The highest BCUT2D eigenvalue weighted by Gasteiger charge is 2.24. The number of nitrogens with one attached hydrogen (secondary N) is 1. The minimum atomic E-state index is -0.443. The first-order chi connectivity index (χ1) is 14.2. The Bertz CT molecular complexity index is 1100. The van der Waals surface area contributed by atoms with Gasteiger partial charge in [-0.2, -0.15) is 0 Å². The first kappa shape index (κ1) is 18.9. The molecule has 29 heavy (non-hydrogen) atoms. The number of amides is 1. The van der Waals surface area contributed by atoms with Crippen LogP contribution in [-0.2, 0) is 18.3 Å². The van der Waals surface area contributed by atoms with Gasteiger partial charge in [0.1, 0.15) is 17.6 Å². The molecule has 7 nitrogen and oxygen atoms in total. The highest BCUT2D eigenvalue weighted by atomic mass is 32.1. The Morgan fingerprint density at radius 1 is 1.31 bits per heavy atom. The van der Waals surface area contributed by atoms with Crippen LogP contribution in [0.3, 0.4) is 0 Å². The van der Waals surface area contributed by atoms with Gasteiger partial charge in [0.05, 0.1) is 25.5 Å². The van der Waals surface area contributed by atoms with Crippen molar-refractivity contribution in [3.8, 4) is 16.5 Å². The van der Waals surface area contributed by atoms with E-state index in [-0.39, 0.29) is 12.3 Å². The van der Waals surface area contributed by atoms with Gasteiger partial charge >= 0.3 is 0 Å². The Morgan fingerprint density at radius 2 is 2.17 bits per heavy atom. The van der Waals surface area contributed by atoms with Crippen molar-refractivity contribution in [1.82, 2.24) is 19.9 Å². The number of furan rings is 1. The van der Waals surface area contributed by atoms with Crippen LogP contribution >= 0.6 is 11.3 Å². The number of aromatic nitrogens is 3. The third-order valence-corrected chi connectivity index (χ3v) is 5.40. The molecule has 3 heterocycles. The molecule has 4 rings (SSSR count). The second-order valence-electron chi connectivity index (χ2n) is 6.44. The van der Waals surface area contributed by atoms with Crippen LogP contribution in [0.1, 0.15) is 23.1 Å². The maximum atomic E-state index is 12.9. The lowest BCUT2D eigenvalue weighted by atomic mass is 10.0. The van der Waals surface area contributed by atoms with Crippen LogP contribution in [0.5, 0.6) is 5.75 Å². The molecule has 1 unspecified atom stereocenters. The molecule has 1 aromatic carbocycles. The van der Waals surface area contributed by atoms with Crippen LogP contribution in [0.15, 0.2) is 64.9 Å². The van der Waals surface area contributed by atoms with Crippen LogP contribution in [0.4, 0.5) is 0 Å². The average molecular weight is 408 g/mol. The fraction of sp³-hybridized carbons (Fsp3) is 0.190. The van der Waals surface area contributed by atoms with E-state index in [1.54, 1.807) is 19.6 Å². The number of benzene rings is 1. The van der Waals surface area contributed by atoms with Crippen LogP contribution in [-0.4, -0.2) is 27.6 Å². The van der Waals surface area contributed by atoms with Crippen molar-refractivity contribution < 1.29 is 13.9 Å². The number of nitrogens with zero attached hydrogens (tertiary/aromatic N) is 3. The standard InChI is InChI=1S/C21H20N4O3S/c1-25-10-9-22-20(25)19(15-6-3-4-7-16(15)27-2)24-18(26)12-14-13-29-21(23-14)17-8-5-11-28-17/h3-11,13,19H,12H2,1-2H3,(H,24,26). The lowest BCUT2D eigenvalue weighted by Gasteiger charge is -2.21. The Labute approximate surface area is 172 Å². The number of imidazole rings is 1. The number of carbonyl (C=O) groups is 1. The topological polar surface area (TPSA) is 82.2 Å². The first-order valence-electron chi connectivity index (χ1n) is 9.03. The SMILES string of the molecule is COc1ccccc1C(NC(=O)Cc1csc(-c2ccco2)n1)c1nccn1C. The molecule has 1 atom stereocenters. The van der Waals surface area contributed by atoms with Gasteiger partial charge in [-0.15, -0.1) is 11.3 Å². The van der Waals surface area contributed by atoms with Crippen molar-refractivity contribution in [3.05, 3.63) is 77.5 Å². The normalized spacial score (nSPS) is 11.9. The predicted octanol–water partition coefficient (Wildman–Crippen LogP) is 3.59. The van der Waals surface area contributed by atoms with Gasteiger partial charge in [-0.1, -0.05) is 18.2 Å². The third kappa shape index (κ3) is 4.07. The number of aryl methyl sites for hydroxylation is 1. The van der Waals surface area contributed by atoms with E-state index in [0.717, 1.165) is 16.4 Å². The maximum Gasteiger partial charge on any atom is 0.226 e. The second-order valence-corrected chi connectivity index (χ2v) is 7.29. The molecule has 0 saturated heterocycles. The van der Waals surface area contributed by atoms with Gasteiger partial charge in [0.15, 0.2) is 10.8 Å². The zero-order valence-electron chi connectivity index (χ0n) is 16.0. The Hall–Kier alpha value is -3.39. The van der Waals surface area contributed by atoms with Crippen molar-refractivity contribution in [1.29, 1.82) is 0 Å². The molecule has 0 saturated carbocycles. The Balaban J connectivity index is 1.56. The summed E-state index contributed by atoms with van der Waals surface area (Å²) >= 11 is 1.45. The van der Waals surface area contributed by atoms with Gasteiger partial charge in [0, 0.05) is 30.4 Å². The highest BCUT2D eigenvalue weighted by molar-refractivity contribution is 7.13. The number of hydrogen-bond acceptors (Lipinski definition) is 6. The van der Waals surface area contributed by atoms with Crippen molar-refractivity contribution >= 4 is 17.2 Å². The van der Waals surface area contributed by atoms with E-state index in [1.165, 1.54) is 11.3 Å². The van der Waals surface area contributed by atoms with E-state index in [0.29, 0.717) is 17.2 Å². The summed E-state index contributed by atoms with van der Waals surface area (Å²) in [6.45, 7) is 0. The molecule has 0 bridgehead atoms. The van der Waals surface area contributed by atoms with Crippen molar-refractivity contribution in [2.45, 2.75) is 12.5 Å². The number of hydrogen-bond donors (Lipinski definition) is 1. The number of ether oxygens (including phenoxy) is 1. The molecule has 1 amide bonds. The monoisotopic (exact) mass is 408 g/mol. The smallest absolute Gasteiger partial charge is 0.226 e. The largest absolute Gasteiger partial charge is 0.496 e. The van der Waals surface area contributed by atoms with Gasteiger partial charge in [-0.25, -0.2) is 9.97 Å². The van der Waals surface area contributed by atoms with Crippen molar-refractivity contribution in [2.75, 3.05) is 7.11 Å². The molecule has 4 aromatic rings. The van der Waals surface area contributed by atoms with E-state index in [4.69, 9.17) is 9.15 Å². The van der Waals surface area contributed by atoms with E-state index in [9.17, 15) is 4.79 Å². The van der Waals surface area contributed by atoms with Crippen LogP contribution in [0, 0.1) is 0 Å². The third-order valence-electron chi connectivity index (χ3n) is 4.50. The first-order valence-corrected chi connectivity index (χ1v) is 9.91. The fourth-order valence-electron chi connectivity index (χ4n) is 3.12. The molecular weight excluding hydrogens is 388 g/mol. The molecule has 0 aliphatic heterocycles. The van der Waals surface area contributed by atoms with Gasteiger partial charge in [0.25, 0.3) is 0 Å². The quantitative estimate of drug-likeness (QED) is 0.505. The van der Waals surface area contributed by atoms with E-state index in [2.05, 4.69) is 15.3 Å². The highest BCUT2D eigenvalue weighted by Crippen LogP contribution is 2.29. The summed E-state index contributed by atoms with van der Waals surface area (Å²) in [5.41, 5.74) is 1.53. The summed E-state index contributed by atoms with van der Waals surface area (Å²) in [6.07, 6.45) is 5.32. The summed E-state index contributed by atoms with van der Waals surface area (Å²) in [7, 11) is 3.51. The minimum absolute atomic E-state index is 0.153. The Morgan fingerprint density at radius 3 is 2.90 bits per heavy atom. The molecule has 0 aliphatic rings. The number of rotatable bonds is 7.